The van der Waals surface area contributed by atoms with Gasteiger partial charge < -0.3 is 14.6 Å². The van der Waals surface area contributed by atoms with Crippen LogP contribution in [-0.4, -0.2) is 24.4 Å². The van der Waals surface area contributed by atoms with Crippen LogP contribution in [0.15, 0.2) is 24.3 Å². The fraction of sp³-hybridized carbons (Fsp3) is 0.625. The zero-order valence-corrected chi connectivity index (χ0v) is 11.8. The highest BCUT2D eigenvalue weighted by Gasteiger charge is 2.30. The molecule has 0 amide bonds. The maximum atomic E-state index is 10.1. The molecule has 0 heterocycles. The summed E-state index contributed by atoms with van der Waals surface area (Å²) in [4.78, 5) is 0. The van der Waals surface area contributed by atoms with Crippen LogP contribution in [0, 0.1) is 5.92 Å². The van der Waals surface area contributed by atoms with E-state index in [1.807, 2.05) is 24.3 Å². The lowest BCUT2D eigenvalue weighted by Crippen LogP contribution is -2.38. The second-order valence-electron chi connectivity index (χ2n) is 5.37. The Bertz CT molecular complexity index is 374. The third kappa shape index (κ3) is 3.87. The number of benzene rings is 1. The maximum absolute atomic E-state index is 10.1. The van der Waals surface area contributed by atoms with Crippen molar-refractivity contribution < 1.29 is 14.6 Å². The van der Waals surface area contributed by atoms with E-state index >= 15 is 0 Å². The Morgan fingerprint density at radius 2 is 1.84 bits per heavy atom. The summed E-state index contributed by atoms with van der Waals surface area (Å²) in [5, 5.41) is 10.1. The number of methoxy groups -OCH3 is 1. The van der Waals surface area contributed by atoms with Crippen molar-refractivity contribution >= 4 is 0 Å². The zero-order valence-electron chi connectivity index (χ0n) is 11.8. The molecular weight excluding hydrogens is 240 g/mol. The minimum atomic E-state index is -0.338. The van der Waals surface area contributed by atoms with Crippen molar-refractivity contribution in [3.05, 3.63) is 24.3 Å². The number of hydrogen-bond acceptors (Lipinski definition) is 3. The van der Waals surface area contributed by atoms with Crippen LogP contribution in [0.4, 0.5) is 0 Å². The number of aliphatic hydroxyl groups is 1. The molecule has 0 aromatic heterocycles. The summed E-state index contributed by atoms with van der Waals surface area (Å²) in [5.41, 5.74) is 0. The van der Waals surface area contributed by atoms with Crippen molar-refractivity contribution in [2.24, 2.45) is 5.92 Å². The first kappa shape index (κ1) is 14.2. The monoisotopic (exact) mass is 264 g/mol. The van der Waals surface area contributed by atoms with E-state index in [1.165, 1.54) is 12.8 Å². The van der Waals surface area contributed by atoms with Crippen LogP contribution in [0.5, 0.6) is 11.5 Å². The van der Waals surface area contributed by atoms with Gasteiger partial charge in [-0.3, -0.25) is 0 Å². The zero-order chi connectivity index (χ0) is 13.7. The standard InChI is InChI=1S/C16H24O3/c1-3-4-12-5-10-15(17)16(11-12)19-14-8-6-13(18-2)7-9-14/h6-9,12,15-17H,3-5,10-11H2,1-2H3. The average molecular weight is 264 g/mol. The summed E-state index contributed by atoms with van der Waals surface area (Å²) >= 11 is 0. The van der Waals surface area contributed by atoms with E-state index in [0.717, 1.165) is 30.8 Å². The predicted octanol–water partition coefficient (Wildman–Crippen LogP) is 3.40. The molecule has 0 radical (unpaired) electrons. The van der Waals surface area contributed by atoms with Crippen molar-refractivity contribution in [2.45, 2.75) is 51.2 Å². The highest BCUT2D eigenvalue weighted by atomic mass is 16.5. The van der Waals surface area contributed by atoms with Gasteiger partial charge in [-0.05, 0) is 49.4 Å². The molecule has 1 fully saturated rings. The van der Waals surface area contributed by atoms with Crippen molar-refractivity contribution in [1.29, 1.82) is 0 Å². The summed E-state index contributed by atoms with van der Waals surface area (Å²) in [5.74, 6) is 2.32. The van der Waals surface area contributed by atoms with Crippen molar-refractivity contribution in [1.82, 2.24) is 0 Å². The first-order valence-electron chi connectivity index (χ1n) is 7.21. The summed E-state index contributed by atoms with van der Waals surface area (Å²) in [6.07, 6.45) is 4.96. The Balaban J connectivity index is 1.95. The summed E-state index contributed by atoms with van der Waals surface area (Å²) in [6.45, 7) is 2.21. The van der Waals surface area contributed by atoms with Crippen LogP contribution in [0.25, 0.3) is 0 Å². The molecule has 3 heteroatoms. The molecule has 1 aliphatic rings. The predicted molar refractivity (Wildman–Crippen MR) is 75.7 cm³/mol. The van der Waals surface area contributed by atoms with E-state index in [1.54, 1.807) is 7.11 Å². The van der Waals surface area contributed by atoms with Gasteiger partial charge in [-0.25, -0.2) is 0 Å². The molecule has 0 spiro atoms. The molecule has 19 heavy (non-hydrogen) atoms. The molecule has 3 atom stereocenters. The lowest BCUT2D eigenvalue weighted by Gasteiger charge is -2.33. The summed E-state index contributed by atoms with van der Waals surface area (Å²) in [6, 6.07) is 7.56. The first-order chi connectivity index (χ1) is 9.22. The van der Waals surface area contributed by atoms with E-state index in [0.29, 0.717) is 5.92 Å². The quantitative estimate of drug-likeness (QED) is 0.885. The molecule has 106 valence electrons. The Morgan fingerprint density at radius 3 is 2.47 bits per heavy atom. The van der Waals surface area contributed by atoms with Crippen LogP contribution < -0.4 is 9.47 Å². The largest absolute Gasteiger partial charge is 0.497 e. The van der Waals surface area contributed by atoms with Gasteiger partial charge in [0, 0.05) is 0 Å². The van der Waals surface area contributed by atoms with Crippen molar-refractivity contribution in [3.63, 3.8) is 0 Å². The molecule has 0 aliphatic heterocycles. The number of ether oxygens (including phenoxy) is 2. The molecule has 1 aliphatic carbocycles. The minimum absolute atomic E-state index is 0.0707. The Hall–Kier alpha value is -1.22. The average Bonchev–Trinajstić information content (AvgIpc) is 2.44. The van der Waals surface area contributed by atoms with E-state index in [-0.39, 0.29) is 12.2 Å². The fourth-order valence-corrected chi connectivity index (χ4v) is 2.82. The van der Waals surface area contributed by atoms with Gasteiger partial charge in [0.1, 0.15) is 17.6 Å². The maximum Gasteiger partial charge on any atom is 0.125 e. The highest BCUT2D eigenvalue weighted by molar-refractivity contribution is 5.31. The minimum Gasteiger partial charge on any atom is -0.497 e. The third-order valence-corrected chi connectivity index (χ3v) is 3.91. The van der Waals surface area contributed by atoms with E-state index in [4.69, 9.17) is 9.47 Å². The van der Waals surface area contributed by atoms with Crippen LogP contribution in [0.2, 0.25) is 0 Å². The van der Waals surface area contributed by atoms with Crippen LogP contribution >= 0.6 is 0 Å². The number of hydrogen-bond donors (Lipinski definition) is 1. The van der Waals surface area contributed by atoms with Gasteiger partial charge in [0.15, 0.2) is 0 Å². The van der Waals surface area contributed by atoms with Gasteiger partial charge in [0.25, 0.3) is 0 Å². The Kier molecular flexibility index (Phi) is 5.08. The molecule has 1 N–H and O–H groups in total. The molecule has 3 unspecified atom stereocenters. The molecule has 2 rings (SSSR count). The van der Waals surface area contributed by atoms with Crippen LogP contribution in [-0.2, 0) is 0 Å². The van der Waals surface area contributed by atoms with Gasteiger partial charge in [-0.15, -0.1) is 0 Å². The number of aliphatic hydroxyl groups excluding tert-OH is 1. The summed E-state index contributed by atoms with van der Waals surface area (Å²) in [7, 11) is 1.65. The molecule has 1 saturated carbocycles. The molecule has 0 saturated heterocycles. The van der Waals surface area contributed by atoms with Gasteiger partial charge in [0.05, 0.1) is 13.2 Å². The van der Waals surface area contributed by atoms with E-state index in [9.17, 15) is 5.11 Å². The normalized spacial score (nSPS) is 27.0. The van der Waals surface area contributed by atoms with Crippen molar-refractivity contribution in [2.75, 3.05) is 7.11 Å². The van der Waals surface area contributed by atoms with E-state index < -0.39 is 0 Å². The molecular formula is C16H24O3. The lowest BCUT2D eigenvalue weighted by atomic mass is 9.83. The van der Waals surface area contributed by atoms with Gasteiger partial charge in [-0.1, -0.05) is 19.8 Å². The first-order valence-corrected chi connectivity index (χ1v) is 7.21. The highest BCUT2D eigenvalue weighted by Crippen LogP contribution is 2.31. The van der Waals surface area contributed by atoms with Gasteiger partial charge >= 0.3 is 0 Å². The van der Waals surface area contributed by atoms with Gasteiger partial charge in [0.2, 0.25) is 0 Å². The molecule has 1 aromatic rings. The second kappa shape index (κ2) is 6.80. The molecule has 0 bridgehead atoms. The summed E-state index contributed by atoms with van der Waals surface area (Å²) < 4.78 is 11.1. The SMILES string of the molecule is CCCC1CCC(O)C(Oc2ccc(OC)cc2)C1. The third-order valence-electron chi connectivity index (χ3n) is 3.91. The van der Waals surface area contributed by atoms with Crippen LogP contribution in [0.3, 0.4) is 0 Å². The topological polar surface area (TPSA) is 38.7 Å². The van der Waals surface area contributed by atoms with Crippen molar-refractivity contribution in [3.8, 4) is 11.5 Å². The smallest absolute Gasteiger partial charge is 0.125 e. The van der Waals surface area contributed by atoms with Crippen LogP contribution in [0.1, 0.15) is 39.0 Å². The van der Waals surface area contributed by atoms with Gasteiger partial charge in [-0.2, -0.15) is 0 Å². The lowest BCUT2D eigenvalue weighted by molar-refractivity contribution is -0.0117. The Labute approximate surface area is 115 Å². The molecule has 1 aromatic carbocycles. The molecule has 3 nitrogen and oxygen atoms in total. The Morgan fingerprint density at radius 1 is 1.16 bits per heavy atom. The van der Waals surface area contributed by atoms with E-state index in [2.05, 4.69) is 6.92 Å². The number of rotatable bonds is 5. The fourth-order valence-electron chi connectivity index (χ4n) is 2.82. The second-order valence-corrected chi connectivity index (χ2v) is 5.37.